The Hall–Kier alpha value is -2.70. The number of carbonyl (C=O) groups excluding carboxylic acids is 1. The predicted molar refractivity (Wildman–Crippen MR) is 121 cm³/mol. The van der Waals surface area contributed by atoms with Crippen LogP contribution in [0.15, 0.2) is 46.9 Å². The van der Waals surface area contributed by atoms with Crippen LogP contribution in [0, 0.1) is 0 Å². The molecule has 0 bridgehead atoms. The van der Waals surface area contributed by atoms with E-state index in [0.717, 1.165) is 42.9 Å². The van der Waals surface area contributed by atoms with Crippen LogP contribution in [0.1, 0.15) is 26.3 Å². The minimum Gasteiger partial charge on any atom is -0.436 e. The van der Waals surface area contributed by atoms with Crippen molar-refractivity contribution < 1.29 is 9.21 Å². The molecule has 2 aromatic carbocycles. The molecule has 1 fully saturated rings. The summed E-state index contributed by atoms with van der Waals surface area (Å²) in [5.41, 5.74) is 4.51. The van der Waals surface area contributed by atoms with E-state index in [1.807, 2.05) is 30.3 Å². The average Bonchev–Trinajstić information content (AvgIpc) is 3.12. The molecule has 0 aliphatic carbocycles. The summed E-state index contributed by atoms with van der Waals surface area (Å²) in [5.74, 6) is 0.590. The summed E-state index contributed by atoms with van der Waals surface area (Å²) in [6, 6.07) is 13.9. The summed E-state index contributed by atoms with van der Waals surface area (Å²) in [6.07, 6.45) is 0. The van der Waals surface area contributed by atoms with E-state index in [0.29, 0.717) is 18.0 Å². The third-order valence-corrected chi connectivity index (χ3v) is 5.63. The summed E-state index contributed by atoms with van der Waals surface area (Å²) >= 11 is 0. The molecule has 4 rings (SSSR count). The Morgan fingerprint density at radius 2 is 1.77 bits per heavy atom. The fourth-order valence-corrected chi connectivity index (χ4v) is 3.65. The van der Waals surface area contributed by atoms with Crippen molar-refractivity contribution in [1.82, 2.24) is 14.8 Å². The van der Waals surface area contributed by atoms with E-state index in [2.05, 4.69) is 60.1 Å². The third kappa shape index (κ3) is 4.71. The van der Waals surface area contributed by atoms with E-state index in [4.69, 9.17) is 4.42 Å². The highest BCUT2D eigenvalue weighted by Gasteiger charge is 2.17. The molecule has 1 amide bonds. The lowest BCUT2D eigenvalue weighted by Crippen LogP contribution is -2.47. The van der Waals surface area contributed by atoms with Gasteiger partial charge in [0, 0.05) is 37.4 Å². The van der Waals surface area contributed by atoms with Crippen LogP contribution in [0.25, 0.3) is 22.6 Å². The molecule has 6 nitrogen and oxygen atoms in total. The first-order chi connectivity index (χ1) is 14.3. The molecular weight excluding hydrogens is 376 g/mol. The summed E-state index contributed by atoms with van der Waals surface area (Å²) in [7, 11) is 2.11. The second-order valence-electron chi connectivity index (χ2n) is 9.16. The van der Waals surface area contributed by atoms with E-state index in [9.17, 15) is 4.79 Å². The molecule has 1 aliphatic heterocycles. The highest BCUT2D eigenvalue weighted by atomic mass is 16.3. The lowest BCUT2D eigenvalue weighted by molar-refractivity contribution is -0.117. The monoisotopic (exact) mass is 406 g/mol. The maximum Gasteiger partial charge on any atom is 0.238 e. The molecule has 30 heavy (non-hydrogen) atoms. The Labute approximate surface area is 177 Å². The largest absolute Gasteiger partial charge is 0.436 e. The fourth-order valence-electron chi connectivity index (χ4n) is 3.65. The number of nitrogens with one attached hydrogen (secondary N) is 1. The van der Waals surface area contributed by atoms with Gasteiger partial charge in [-0.2, -0.15) is 0 Å². The lowest BCUT2D eigenvalue weighted by atomic mass is 9.87. The van der Waals surface area contributed by atoms with E-state index in [1.165, 1.54) is 5.56 Å². The second kappa shape index (κ2) is 8.20. The summed E-state index contributed by atoms with van der Waals surface area (Å²) < 4.78 is 5.93. The molecule has 1 N–H and O–H groups in total. The van der Waals surface area contributed by atoms with Crippen molar-refractivity contribution in [3.05, 3.63) is 48.0 Å². The van der Waals surface area contributed by atoms with Crippen molar-refractivity contribution in [3.63, 3.8) is 0 Å². The first-order valence-corrected chi connectivity index (χ1v) is 10.5. The Morgan fingerprint density at radius 3 is 2.43 bits per heavy atom. The van der Waals surface area contributed by atoms with Crippen LogP contribution in [-0.4, -0.2) is 60.5 Å². The van der Waals surface area contributed by atoms with Crippen molar-refractivity contribution in [1.29, 1.82) is 0 Å². The first kappa shape index (κ1) is 20.6. The van der Waals surface area contributed by atoms with Gasteiger partial charge in [0.1, 0.15) is 5.52 Å². The van der Waals surface area contributed by atoms with Gasteiger partial charge in [0.05, 0.1) is 6.54 Å². The number of fused-ring (bicyclic) bond motifs is 1. The topological polar surface area (TPSA) is 61.6 Å². The number of nitrogens with zero attached hydrogens (tertiary/aromatic N) is 3. The first-order valence-electron chi connectivity index (χ1n) is 10.5. The molecule has 1 saturated heterocycles. The van der Waals surface area contributed by atoms with Gasteiger partial charge in [-0.25, -0.2) is 4.98 Å². The number of hydrogen-bond donors (Lipinski definition) is 1. The van der Waals surface area contributed by atoms with Crippen LogP contribution in [0.3, 0.4) is 0 Å². The van der Waals surface area contributed by atoms with E-state index < -0.39 is 0 Å². The minimum absolute atomic E-state index is 0.000362. The van der Waals surface area contributed by atoms with Gasteiger partial charge in [-0.15, -0.1) is 0 Å². The molecule has 0 unspecified atom stereocenters. The van der Waals surface area contributed by atoms with Gasteiger partial charge in [-0.1, -0.05) is 32.9 Å². The van der Waals surface area contributed by atoms with Gasteiger partial charge in [0.2, 0.25) is 11.8 Å². The van der Waals surface area contributed by atoms with Crippen molar-refractivity contribution >= 4 is 22.7 Å². The number of carbonyl (C=O) groups is 1. The Balaban J connectivity index is 1.45. The van der Waals surface area contributed by atoms with Crippen LogP contribution < -0.4 is 5.32 Å². The van der Waals surface area contributed by atoms with Crippen molar-refractivity contribution in [2.24, 2.45) is 0 Å². The minimum atomic E-state index is 0.000362. The molecule has 1 aromatic heterocycles. The summed E-state index contributed by atoms with van der Waals surface area (Å²) in [5, 5.41) is 2.99. The smallest absolute Gasteiger partial charge is 0.238 e. The van der Waals surface area contributed by atoms with Crippen molar-refractivity contribution in [2.45, 2.75) is 26.2 Å². The highest BCUT2D eigenvalue weighted by Crippen LogP contribution is 2.29. The van der Waals surface area contributed by atoms with Gasteiger partial charge < -0.3 is 14.6 Å². The average molecular weight is 407 g/mol. The number of likely N-dealkylation sites (N-methyl/N-ethyl adjacent to an activating group) is 1. The van der Waals surface area contributed by atoms with Gasteiger partial charge in [0.25, 0.3) is 0 Å². The molecule has 1 aliphatic rings. The number of hydrogen-bond acceptors (Lipinski definition) is 5. The Morgan fingerprint density at radius 1 is 1.07 bits per heavy atom. The number of oxazole rings is 1. The standard InChI is InChI=1S/C24H30N4O2/c1-24(2,3)18-7-5-17(6-8-18)23-26-20-15-19(9-10-21(20)30-23)25-22(29)16-28-13-11-27(4)12-14-28/h5-10,15H,11-14,16H2,1-4H3,(H,25,29). The number of benzene rings is 2. The normalized spacial score (nSPS) is 16.1. The molecule has 0 saturated carbocycles. The fraction of sp³-hybridized carbons (Fsp3) is 0.417. The Kier molecular flexibility index (Phi) is 5.62. The molecule has 2 heterocycles. The third-order valence-electron chi connectivity index (χ3n) is 5.63. The Bertz CT molecular complexity index is 1030. The van der Waals surface area contributed by atoms with Gasteiger partial charge in [-0.3, -0.25) is 9.69 Å². The van der Waals surface area contributed by atoms with Crippen LogP contribution in [0.4, 0.5) is 5.69 Å². The maximum absolute atomic E-state index is 12.4. The van der Waals surface area contributed by atoms with Crippen LogP contribution in [-0.2, 0) is 10.2 Å². The maximum atomic E-state index is 12.4. The van der Waals surface area contributed by atoms with Crippen molar-refractivity contribution in [3.8, 4) is 11.5 Å². The van der Waals surface area contributed by atoms with Crippen LogP contribution in [0.2, 0.25) is 0 Å². The molecule has 3 aromatic rings. The van der Waals surface area contributed by atoms with Gasteiger partial charge >= 0.3 is 0 Å². The molecule has 0 radical (unpaired) electrons. The molecule has 6 heteroatoms. The van der Waals surface area contributed by atoms with E-state index in [1.54, 1.807) is 0 Å². The SMILES string of the molecule is CN1CCN(CC(=O)Nc2ccc3oc(-c4ccc(C(C)(C)C)cc4)nc3c2)CC1. The zero-order valence-corrected chi connectivity index (χ0v) is 18.2. The van der Waals surface area contributed by atoms with E-state index in [-0.39, 0.29) is 11.3 Å². The van der Waals surface area contributed by atoms with Gasteiger partial charge in [-0.05, 0) is 48.4 Å². The second-order valence-corrected chi connectivity index (χ2v) is 9.16. The predicted octanol–water partition coefficient (Wildman–Crippen LogP) is 3.98. The number of aromatic nitrogens is 1. The number of piperazine rings is 1. The summed E-state index contributed by atoms with van der Waals surface area (Å²) in [4.78, 5) is 21.5. The van der Waals surface area contributed by atoms with E-state index >= 15 is 0 Å². The summed E-state index contributed by atoms with van der Waals surface area (Å²) in [6.45, 7) is 10.8. The van der Waals surface area contributed by atoms with Crippen LogP contribution in [0.5, 0.6) is 0 Å². The zero-order valence-electron chi connectivity index (χ0n) is 18.2. The lowest BCUT2D eigenvalue weighted by Gasteiger charge is -2.31. The van der Waals surface area contributed by atoms with Crippen LogP contribution >= 0.6 is 0 Å². The number of rotatable bonds is 4. The highest BCUT2D eigenvalue weighted by molar-refractivity contribution is 5.94. The number of amides is 1. The van der Waals surface area contributed by atoms with Gasteiger partial charge in [0.15, 0.2) is 5.58 Å². The molecular formula is C24H30N4O2. The molecule has 0 spiro atoms. The molecule has 158 valence electrons. The molecule has 0 atom stereocenters. The zero-order chi connectivity index (χ0) is 21.3. The quantitative estimate of drug-likeness (QED) is 0.710. The number of anilines is 1. The van der Waals surface area contributed by atoms with Crippen molar-refractivity contribution in [2.75, 3.05) is 45.1 Å².